The molecule has 1 aliphatic heterocycles. The van der Waals surface area contributed by atoms with Crippen molar-refractivity contribution < 1.29 is 13.9 Å². The van der Waals surface area contributed by atoms with Crippen LogP contribution >= 0.6 is 27.3 Å². The van der Waals surface area contributed by atoms with Gasteiger partial charge in [0, 0.05) is 48.1 Å². The van der Waals surface area contributed by atoms with Gasteiger partial charge in [0.25, 0.3) is 5.91 Å². The van der Waals surface area contributed by atoms with Gasteiger partial charge in [0.15, 0.2) is 0 Å². The minimum Gasteiger partial charge on any atom is -0.497 e. The van der Waals surface area contributed by atoms with Crippen molar-refractivity contribution in [2.45, 2.75) is 6.54 Å². The number of aromatic nitrogens is 1. The second kappa shape index (κ2) is 9.24. The molecule has 4 rings (SSSR count). The summed E-state index contributed by atoms with van der Waals surface area (Å²) in [5, 5.41) is 3.08. The molecule has 3 aromatic rings. The first kappa shape index (κ1) is 21.0. The number of rotatable bonds is 5. The number of carbonyl (C=O) groups is 1. The highest BCUT2D eigenvalue weighted by Crippen LogP contribution is 2.26. The zero-order chi connectivity index (χ0) is 21.1. The van der Waals surface area contributed by atoms with Crippen molar-refractivity contribution in [2.24, 2.45) is 0 Å². The van der Waals surface area contributed by atoms with Crippen LogP contribution in [0.4, 0.5) is 4.39 Å². The lowest BCUT2D eigenvalue weighted by molar-refractivity contribution is 0.0626. The Morgan fingerprint density at radius 1 is 1.17 bits per heavy atom. The Kier molecular flexibility index (Phi) is 6.46. The second-order valence-electron chi connectivity index (χ2n) is 7.07. The summed E-state index contributed by atoms with van der Waals surface area (Å²) in [7, 11) is 1.66. The Hall–Kier alpha value is -2.29. The summed E-state index contributed by atoms with van der Waals surface area (Å²) in [5.41, 5.74) is 2.60. The summed E-state index contributed by atoms with van der Waals surface area (Å²) in [6.07, 6.45) is 0. The molecule has 0 spiro atoms. The maximum absolute atomic E-state index is 13.3. The molecule has 156 valence electrons. The predicted molar refractivity (Wildman–Crippen MR) is 119 cm³/mol. The van der Waals surface area contributed by atoms with Crippen LogP contribution in [0.15, 0.2) is 52.3 Å². The minimum absolute atomic E-state index is 0.0722. The minimum atomic E-state index is -0.361. The topological polar surface area (TPSA) is 45.7 Å². The third-order valence-electron chi connectivity index (χ3n) is 5.10. The first-order valence-corrected chi connectivity index (χ1v) is 11.3. The number of amides is 1. The van der Waals surface area contributed by atoms with Crippen LogP contribution in [0, 0.1) is 5.82 Å². The summed E-state index contributed by atoms with van der Waals surface area (Å²) in [4.78, 5) is 21.6. The van der Waals surface area contributed by atoms with Crippen LogP contribution in [-0.2, 0) is 6.54 Å². The Balaban J connectivity index is 1.33. The third kappa shape index (κ3) is 4.71. The van der Waals surface area contributed by atoms with E-state index in [9.17, 15) is 9.18 Å². The Bertz CT molecular complexity index is 1030. The average Bonchev–Trinajstić information content (AvgIpc) is 3.22. The molecule has 0 aliphatic carbocycles. The molecular formula is C22H21BrFN3O2S. The highest BCUT2D eigenvalue weighted by molar-refractivity contribution is 9.10. The number of hydrogen-bond acceptors (Lipinski definition) is 5. The van der Waals surface area contributed by atoms with Crippen LogP contribution in [0.5, 0.6) is 5.75 Å². The summed E-state index contributed by atoms with van der Waals surface area (Å²) in [6, 6.07) is 12.1. The van der Waals surface area contributed by atoms with Gasteiger partial charge in [0.05, 0.1) is 18.4 Å². The van der Waals surface area contributed by atoms with Crippen molar-refractivity contribution in [3.8, 4) is 16.3 Å². The lowest BCUT2D eigenvalue weighted by Gasteiger charge is -2.34. The summed E-state index contributed by atoms with van der Waals surface area (Å²) in [5.74, 6) is 0.396. The lowest BCUT2D eigenvalue weighted by Crippen LogP contribution is -2.48. The van der Waals surface area contributed by atoms with Crippen LogP contribution in [-0.4, -0.2) is 54.0 Å². The molecule has 2 aromatic carbocycles. The van der Waals surface area contributed by atoms with Gasteiger partial charge in [-0.3, -0.25) is 9.69 Å². The maximum atomic E-state index is 13.3. The SMILES string of the molecule is COc1ccc(-c2nc(CN3CCN(C(=O)c4ccc(F)cc4Br)CC3)cs2)cc1. The van der Waals surface area contributed by atoms with Gasteiger partial charge in [0.1, 0.15) is 16.6 Å². The van der Waals surface area contributed by atoms with E-state index in [4.69, 9.17) is 9.72 Å². The van der Waals surface area contributed by atoms with Crippen LogP contribution in [0.25, 0.3) is 10.6 Å². The molecule has 0 radical (unpaired) electrons. The molecule has 5 nitrogen and oxygen atoms in total. The Morgan fingerprint density at radius 2 is 1.90 bits per heavy atom. The van der Waals surface area contributed by atoms with E-state index in [1.54, 1.807) is 18.4 Å². The van der Waals surface area contributed by atoms with Crippen molar-refractivity contribution >= 4 is 33.2 Å². The van der Waals surface area contributed by atoms with E-state index < -0.39 is 0 Å². The number of hydrogen-bond donors (Lipinski definition) is 0. The molecule has 1 aromatic heterocycles. The second-order valence-corrected chi connectivity index (χ2v) is 8.78. The third-order valence-corrected chi connectivity index (χ3v) is 6.69. The van der Waals surface area contributed by atoms with Gasteiger partial charge in [-0.1, -0.05) is 0 Å². The van der Waals surface area contributed by atoms with Gasteiger partial charge < -0.3 is 9.64 Å². The molecular weight excluding hydrogens is 469 g/mol. The fraction of sp³-hybridized carbons (Fsp3) is 0.273. The number of nitrogens with zero attached hydrogens (tertiary/aromatic N) is 3. The number of halogens is 2. The molecule has 1 fully saturated rings. The number of ether oxygens (including phenoxy) is 1. The fourth-order valence-corrected chi connectivity index (χ4v) is 4.75. The van der Waals surface area contributed by atoms with Crippen LogP contribution in [0.1, 0.15) is 16.1 Å². The van der Waals surface area contributed by atoms with Gasteiger partial charge in [-0.05, 0) is 58.4 Å². The predicted octanol–water partition coefficient (Wildman–Crippen LogP) is 4.68. The molecule has 0 unspecified atom stereocenters. The van der Waals surface area contributed by atoms with E-state index in [1.165, 1.54) is 18.2 Å². The van der Waals surface area contributed by atoms with Crippen molar-refractivity contribution in [3.05, 3.63) is 69.4 Å². The number of benzene rings is 2. The summed E-state index contributed by atoms with van der Waals surface area (Å²) >= 11 is 4.92. The van der Waals surface area contributed by atoms with Gasteiger partial charge in [-0.25, -0.2) is 9.37 Å². The molecule has 0 saturated carbocycles. The van der Waals surface area contributed by atoms with Crippen molar-refractivity contribution in [3.63, 3.8) is 0 Å². The molecule has 2 heterocycles. The standard InChI is InChI=1S/C22H21BrFN3O2S/c1-29-18-5-2-15(3-6-18)21-25-17(14-30-21)13-26-8-10-27(11-9-26)22(28)19-7-4-16(24)12-20(19)23/h2-7,12,14H,8-11,13H2,1H3. The zero-order valence-corrected chi connectivity index (χ0v) is 18.9. The van der Waals surface area contributed by atoms with E-state index >= 15 is 0 Å². The highest BCUT2D eigenvalue weighted by atomic mass is 79.9. The van der Waals surface area contributed by atoms with E-state index in [0.717, 1.165) is 41.6 Å². The Morgan fingerprint density at radius 3 is 2.57 bits per heavy atom. The average molecular weight is 490 g/mol. The van der Waals surface area contributed by atoms with Crippen LogP contribution in [0.2, 0.25) is 0 Å². The number of piperazine rings is 1. The van der Waals surface area contributed by atoms with Crippen LogP contribution in [0.3, 0.4) is 0 Å². The Labute approximate surface area is 187 Å². The van der Waals surface area contributed by atoms with Gasteiger partial charge >= 0.3 is 0 Å². The molecule has 30 heavy (non-hydrogen) atoms. The monoisotopic (exact) mass is 489 g/mol. The molecule has 0 N–H and O–H groups in total. The first-order valence-electron chi connectivity index (χ1n) is 9.59. The van der Waals surface area contributed by atoms with E-state index in [2.05, 4.69) is 26.2 Å². The number of methoxy groups -OCH3 is 1. The summed E-state index contributed by atoms with van der Waals surface area (Å²) in [6.45, 7) is 3.59. The largest absolute Gasteiger partial charge is 0.497 e. The highest BCUT2D eigenvalue weighted by Gasteiger charge is 2.24. The number of thiazole rings is 1. The smallest absolute Gasteiger partial charge is 0.255 e. The van der Waals surface area contributed by atoms with Gasteiger partial charge in [0.2, 0.25) is 0 Å². The molecule has 8 heteroatoms. The zero-order valence-electron chi connectivity index (χ0n) is 16.5. The van der Waals surface area contributed by atoms with Crippen LogP contribution < -0.4 is 4.74 Å². The molecule has 1 amide bonds. The molecule has 0 bridgehead atoms. The van der Waals surface area contributed by atoms with Crippen molar-refractivity contribution in [1.82, 2.24) is 14.8 Å². The van der Waals surface area contributed by atoms with Gasteiger partial charge in [-0.2, -0.15) is 0 Å². The van der Waals surface area contributed by atoms with Gasteiger partial charge in [-0.15, -0.1) is 11.3 Å². The molecule has 0 atom stereocenters. The van der Waals surface area contributed by atoms with Crippen molar-refractivity contribution in [2.75, 3.05) is 33.3 Å². The van der Waals surface area contributed by atoms with E-state index in [1.807, 2.05) is 29.2 Å². The summed E-state index contributed by atoms with van der Waals surface area (Å²) < 4.78 is 19.0. The quantitative estimate of drug-likeness (QED) is 0.521. The fourth-order valence-electron chi connectivity index (χ4n) is 3.42. The van der Waals surface area contributed by atoms with E-state index in [-0.39, 0.29) is 11.7 Å². The normalized spacial score (nSPS) is 14.7. The van der Waals surface area contributed by atoms with Crippen molar-refractivity contribution in [1.29, 1.82) is 0 Å². The molecule has 1 aliphatic rings. The van der Waals surface area contributed by atoms with E-state index in [0.29, 0.717) is 23.1 Å². The number of carbonyl (C=O) groups excluding carboxylic acids is 1. The lowest BCUT2D eigenvalue weighted by atomic mass is 10.1. The first-order chi connectivity index (χ1) is 14.5. The molecule has 1 saturated heterocycles. The maximum Gasteiger partial charge on any atom is 0.255 e.